The highest BCUT2D eigenvalue weighted by Gasteiger charge is 2.24. The molecule has 0 radical (unpaired) electrons. The quantitative estimate of drug-likeness (QED) is 0.438. The van der Waals surface area contributed by atoms with Gasteiger partial charge in [0.2, 0.25) is 0 Å². The van der Waals surface area contributed by atoms with Crippen molar-refractivity contribution in [1.29, 1.82) is 0 Å². The summed E-state index contributed by atoms with van der Waals surface area (Å²) >= 11 is 1.69. The maximum atomic E-state index is 9.95. The molecule has 206 valence electrons. The number of thioether (sulfide) groups is 1. The second kappa shape index (κ2) is 12.9. The smallest absolute Gasteiger partial charge is 0.155 e. The van der Waals surface area contributed by atoms with E-state index in [2.05, 4.69) is 54.2 Å². The van der Waals surface area contributed by atoms with Gasteiger partial charge in [-0.25, -0.2) is 15.0 Å². The van der Waals surface area contributed by atoms with Gasteiger partial charge in [-0.05, 0) is 86.1 Å². The van der Waals surface area contributed by atoms with E-state index in [1.807, 2.05) is 12.3 Å². The summed E-state index contributed by atoms with van der Waals surface area (Å²) < 4.78 is 6.05. The Morgan fingerprint density at radius 3 is 2.87 bits per heavy atom. The van der Waals surface area contributed by atoms with Crippen LogP contribution >= 0.6 is 11.8 Å². The van der Waals surface area contributed by atoms with Gasteiger partial charge in [0.15, 0.2) is 5.82 Å². The predicted molar refractivity (Wildman–Crippen MR) is 155 cm³/mol. The summed E-state index contributed by atoms with van der Waals surface area (Å²) in [5.74, 6) is 2.76. The molecule has 1 aliphatic carbocycles. The number of ether oxygens (including phenoxy) is 1. The molecule has 1 saturated heterocycles. The predicted octanol–water partition coefficient (Wildman–Crippen LogP) is 6.16. The zero-order valence-corrected chi connectivity index (χ0v) is 23.9. The van der Waals surface area contributed by atoms with Crippen LogP contribution in [0, 0.1) is 5.92 Å². The van der Waals surface area contributed by atoms with E-state index in [1.165, 1.54) is 11.1 Å². The molecular formula is C30H43N5O2S. The van der Waals surface area contributed by atoms with Gasteiger partial charge in [-0.2, -0.15) is 0 Å². The van der Waals surface area contributed by atoms with Gasteiger partial charge < -0.3 is 15.2 Å². The average molecular weight is 538 g/mol. The number of anilines is 1. The van der Waals surface area contributed by atoms with E-state index < -0.39 is 0 Å². The summed E-state index contributed by atoms with van der Waals surface area (Å²) in [4.78, 5) is 17.2. The fourth-order valence-electron chi connectivity index (χ4n) is 5.80. The van der Waals surface area contributed by atoms with E-state index in [1.54, 1.807) is 11.8 Å². The monoisotopic (exact) mass is 537 g/mol. The second-order valence-electron chi connectivity index (χ2n) is 11.7. The fourth-order valence-corrected chi connectivity index (χ4v) is 6.88. The molecule has 2 N–H and O–H groups in total. The Balaban J connectivity index is 1.38. The first-order valence-electron chi connectivity index (χ1n) is 14.4. The lowest BCUT2D eigenvalue weighted by atomic mass is 9.93. The van der Waals surface area contributed by atoms with Crippen LogP contribution < -0.4 is 5.32 Å². The Kier molecular flexibility index (Phi) is 9.36. The minimum Gasteiger partial charge on any atom is -0.393 e. The Bertz CT molecular complexity index is 1100. The van der Waals surface area contributed by atoms with E-state index >= 15 is 0 Å². The molecule has 2 fully saturated rings. The highest BCUT2D eigenvalue weighted by atomic mass is 32.2. The SMILES string of the molecule is CC(C)CC1CN(Cc2cc(N=C3CCC(C)c4cccnc4S3)nc(NC3CCC(O)CC3)c2)CCO1. The van der Waals surface area contributed by atoms with Crippen molar-refractivity contribution in [3.63, 3.8) is 0 Å². The molecule has 8 heteroatoms. The minimum atomic E-state index is -0.166. The molecule has 3 aliphatic rings. The van der Waals surface area contributed by atoms with E-state index in [4.69, 9.17) is 14.7 Å². The van der Waals surface area contributed by atoms with Crippen molar-refractivity contribution in [1.82, 2.24) is 14.9 Å². The van der Waals surface area contributed by atoms with Crippen molar-refractivity contribution in [2.24, 2.45) is 10.9 Å². The number of aliphatic hydroxyl groups is 1. The van der Waals surface area contributed by atoms with Gasteiger partial charge in [-0.3, -0.25) is 4.90 Å². The summed E-state index contributed by atoms with van der Waals surface area (Å²) in [7, 11) is 0. The van der Waals surface area contributed by atoms with Gasteiger partial charge in [0.25, 0.3) is 0 Å². The maximum absolute atomic E-state index is 9.95. The highest BCUT2D eigenvalue weighted by molar-refractivity contribution is 8.14. The number of aliphatic imine (C=N–C) groups is 1. The first-order valence-corrected chi connectivity index (χ1v) is 15.2. The van der Waals surface area contributed by atoms with E-state index in [0.717, 1.165) is 92.9 Å². The molecule has 2 aromatic rings. The largest absolute Gasteiger partial charge is 0.393 e. The van der Waals surface area contributed by atoms with Crippen LogP contribution in [0.3, 0.4) is 0 Å². The lowest BCUT2D eigenvalue weighted by Gasteiger charge is -2.34. The normalized spacial score (nSPS) is 27.8. The van der Waals surface area contributed by atoms with Gasteiger partial charge >= 0.3 is 0 Å². The average Bonchev–Trinajstić information content (AvgIpc) is 3.04. The van der Waals surface area contributed by atoms with Crippen LogP contribution in [0.15, 0.2) is 40.5 Å². The highest BCUT2D eigenvalue weighted by Crippen LogP contribution is 2.37. The van der Waals surface area contributed by atoms with Crippen LogP contribution in [0.4, 0.5) is 11.6 Å². The Morgan fingerprint density at radius 2 is 2.05 bits per heavy atom. The number of nitrogens with one attached hydrogen (secondary N) is 1. The van der Waals surface area contributed by atoms with Gasteiger partial charge in [0.05, 0.1) is 23.9 Å². The van der Waals surface area contributed by atoms with Crippen molar-refractivity contribution in [3.05, 3.63) is 41.6 Å². The molecular weight excluding hydrogens is 494 g/mol. The van der Waals surface area contributed by atoms with Crippen LogP contribution in [-0.2, 0) is 11.3 Å². The molecule has 0 aromatic carbocycles. The van der Waals surface area contributed by atoms with Crippen molar-refractivity contribution < 1.29 is 9.84 Å². The topological polar surface area (TPSA) is 82.9 Å². The van der Waals surface area contributed by atoms with Gasteiger partial charge in [0.1, 0.15) is 10.8 Å². The summed E-state index contributed by atoms with van der Waals surface area (Å²) in [6.07, 6.45) is 8.71. The summed E-state index contributed by atoms with van der Waals surface area (Å²) in [6.45, 7) is 10.4. The number of nitrogens with zero attached hydrogens (tertiary/aromatic N) is 4. The molecule has 0 amide bonds. The molecule has 1 saturated carbocycles. The van der Waals surface area contributed by atoms with Crippen molar-refractivity contribution in [3.8, 4) is 0 Å². The second-order valence-corrected chi connectivity index (χ2v) is 12.7. The number of aliphatic hydroxyl groups excluding tert-OH is 1. The number of hydrogen-bond acceptors (Lipinski definition) is 8. The first kappa shape index (κ1) is 27.6. The zero-order chi connectivity index (χ0) is 26.5. The van der Waals surface area contributed by atoms with Crippen LogP contribution in [0.25, 0.3) is 0 Å². The van der Waals surface area contributed by atoms with Crippen LogP contribution in [0.2, 0.25) is 0 Å². The lowest BCUT2D eigenvalue weighted by molar-refractivity contribution is -0.0399. The number of aromatic nitrogens is 2. The van der Waals surface area contributed by atoms with Gasteiger partial charge in [-0.15, -0.1) is 0 Å². The van der Waals surface area contributed by atoms with Crippen molar-refractivity contribution in [2.75, 3.05) is 25.0 Å². The van der Waals surface area contributed by atoms with Crippen LogP contribution in [-0.4, -0.2) is 63.0 Å². The lowest BCUT2D eigenvalue weighted by Crippen LogP contribution is -2.42. The molecule has 2 atom stereocenters. The number of hydrogen-bond donors (Lipinski definition) is 2. The standard InChI is InChI=1S/C30H43N5O2S/c1-20(2)15-25-19-35(13-14-37-25)18-22-16-27(32-23-7-9-24(36)10-8-23)33-28(17-22)34-29-11-6-21(3)26-5-4-12-31-30(26)38-29/h4-5,12,16-17,20-21,23-25,36H,6-11,13-15,18-19H2,1-3H3,(H,32,33). The molecule has 0 bridgehead atoms. The summed E-state index contributed by atoms with van der Waals surface area (Å²) in [5.41, 5.74) is 2.54. The van der Waals surface area contributed by atoms with Crippen molar-refractivity contribution in [2.45, 2.75) is 101 Å². The third-order valence-corrected chi connectivity index (χ3v) is 8.93. The van der Waals surface area contributed by atoms with Crippen molar-refractivity contribution >= 4 is 28.4 Å². The van der Waals surface area contributed by atoms with Crippen LogP contribution in [0.1, 0.15) is 82.8 Å². The molecule has 7 nitrogen and oxygen atoms in total. The van der Waals surface area contributed by atoms with Gasteiger partial charge in [0, 0.05) is 31.9 Å². The molecule has 2 unspecified atom stereocenters. The van der Waals surface area contributed by atoms with Gasteiger partial charge in [-0.1, -0.05) is 38.6 Å². The first-order chi connectivity index (χ1) is 18.4. The molecule has 38 heavy (non-hydrogen) atoms. The third-order valence-electron chi connectivity index (χ3n) is 7.86. The molecule has 5 rings (SSSR count). The Morgan fingerprint density at radius 1 is 1.21 bits per heavy atom. The Hall–Kier alpha value is -2.00. The zero-order valence-electron chi connectivity index (χ0n) is 23.1. The molecule has 2 aliphatic heterocycles. The number of pyridine rings is 2. The third kappa shape index (κ3) is 7.56. The summed E-state index contributed by atoms with van der Waals surface area (Å²) in [5, 5.41) is 15.8. The Labute approximate surface area is 231 Å². The van der Waals surface area contributed by atoms with E-state index in [9.17, 15) is 5.11 Å². The molecule has 4 heterocycles. The number of morpholine rings is 1. The minimum absolute atomic E-state index is 0.166. The maximum Gasteiger partial charge on any atom is 0.155 e. The van der Waals surface area contributed by atoms with Crippen LogP contribution in [0.5, 0.6) is 0 Å². The molecule has 2 aromatic heterocycles. The fraction of sp³-hybridized carbons (Fsp3) is 0.633. The molecule has 0 spiro atoms. The van der Waals surface area contributed by atoms with E-state index in [-0.39, 0.29) is 6.10 Å². The summed E-state index contributed by atoms with van der Waals surface area (Å²) in [6, 6.07) is 8.91. The number of rotatable bonds is 7. The number of fused-ring (bicyclic) bond motifs is 1. The van der Waals surface area contributed by atoms with E-state index in [0.29, 0.717) is 24.0 Å².